The first-order valence-electron chi connectivity index (χ1n) is 6.60. The zero-order chi connectivity index (χ0) is 13.0. The Kier molecular flexibility index (Phi) is 4.04. The Bertz CT molecular complexity index is 484. The van der Waals surface area contributed by atoms with Crippen molar-refractivity contribution in [2.75, 3.05) is 0 Å². The summed E-state index contributed by atoms with van der Waals surface area (Å²) in [6.07, 6.45) is 10.2. The third-order valence-electron chi connectivity index (χ3n) is 3.55. The largest absolute Gasteiger partial charge is 0.348 e. The van der Waals surface area contributed by atoms with Crippen molar-refractivity contribution in [1.82, 2.24) is 5.32 Å². The fourth-order valence-electron chi connectivity index (χ4n) is 2.42. The van der Waals surface area contributed by atoms with Crippen LogP contribution in [-0.4, -0.2) is 11.9 Å². The molecule has 1 aromatic carbocycles. The van der Waals surface area contributed by atoms with Crippen LogP contribution in [0.1, 0.15) is 47.7 Å². The quantitative estimate of drug-likeness (QED) is 0.807. The van der Waals surface area contributed by atoms with Gasteiger partial charge >= 0.3 is 0 Å². The third kappa shape index (κ3) is 2.73. The fraction of sp³-hybridized carbons (Fsp3) is 0.438. The number of carbonyl (C=O) groups is 1. The van der Waals surface area contributed by atoms with Gasteiger partial charge in [-0.05, 0) is 48.9 Å². The van der Waals surface area contributed by atoms with E-state index in [1.165, 1.54) is 17.5 Å². The number of nitrogens with one attached hydrogen (secondary N) is 1. The summed E-state index contributed by atoms with van der Waals surface area (Å²) < 4.78 is 0. The van der Waals surface area contributed by atoms with Crippen LogP contribution in [0.25, 0.3) is 0 Å². The molecule has 0 saturated carbocycles. The van der Waals surface area contributed by atoms with Gasteiger partial charge in [-0.2, -0.15) is 0 Å². The Morgan fingerprint density at radius 1 is 1.44 bits per heavy atom. The van der Waals surface area contributed by atoms with Crippen molar-refractivity contribution in [1.29, 1.82) is 0 Å². The maximum absolute atomic E-state index is 12.1. The van der Waals surface area contributed by atoms with Crippen LogP contribution in [0.4, 0.5) is 0 Å². The van der Waals surface area contributed by atoms with E-state index in [1.54, 1.807) is 0 Å². The number of hydrogen-bond acceptors (Lipinski definition) is 1. The van der Waals surface area contributed by atoms with Crippen LogP contribution in [-0.2, 0) is 12.8 Å². The van der Waals surface area contributed by atoms with Gasteiger partial charge in [-0.25, -0.2) is 0 Å². The lowest BCUT2D eigenvalue weighted by Crippen LogP contribution is -2.34. The molecule has 1 N–H and O–H groups in total. The van der Waals surface area contributed by atoms with Gasteiger partial charge in [0, 0.05) is 18.0 Å². The standard InChI is InChI=1S/C16H19NO/c1-3-6-15(4-2)17-16(18)14-10-9-12-7-5-8-13(12)11-14/h1,9-11,15H,4-8H2,2H3,(H,17,18). The summed E-state index contributed by atoms with van der Waals surface area (Å²) in [5, 5.41) is 2.99. The summed E-state index contributed by atoms with van der Waals surface area (Å²) in [5.41, 5.74) is 3.47. The molecule has 0 spiro atoms. The van der Waals surface area contributed by atoms with E-state index in [0.29, 0.717) is 6.42 Å². The molecule has 0 saturated heterocycles. The molecule has 2 rings (SSSR count). The summed E-state index contributed by atoms with van der Waals surface area (Å²) in [5.74, 6) is 2.59. The first kappa shape index (κ1) is 12.7. The summed E-state index contributed by atoms with van der Waals surface area (Å²) in [4.78, 5) is 12.1. The lowest BCUT2D eigenvalue weighted by Gasteiger charge is -2.14. The van der Waals surface area contributed by atoms with Crippen molar-refractivity contribution >= 4 is 5.91 Å². The van der Waals surface area contributed by atoms with Crippen molar-refractivity contribution < 1.29 is 4.79 Å². The third-order valence-corrected chi connectivity index (χ3v) is 3.55. The summed E-state index contributed by atoms with van der Waals surface area (Å²) in [7, 11) is 0. The molecule has 0 fully saturated rings. The molecule has 1 aliphatic carbocycles. The van der Waals surface area contributed by atoms with E-state index in [2.05, 4.69) is 17.3 Å². The smallest absolute Gasteiger partial charge is 0.251 e. The summed E-state index contributed by atoms with van der Waals surface area (Å²) >= 11 is 0. The zero-order valence-corrected chi connectivity index (χ0v) is 10.8. The SMILES string of the molecule is C#CCC(CC)NC(=O)c1ccc2c(c1)CCC2. The number of rotatable bonds is 4. The van der Waals surface area contributed by atoms with Gasteiger partial charge in [-0.1, -0.05) is 13.0 Å². The van der Waals surface area contributed by atoms with Gasteiger partial charge in [0.2, 0.25) is 0 Å². The van der Waals surface area contributed by atoms with Gasteiger partial charge in [0.15, 0.2) is 0 Å². The van der Waals surface area contributed by atoms with Gasteiger partial charge in [0.05, 0.1) is 0 Å². The molecule has 18 heavy (non-hydrogen) atoms. The highest BCUT2D eigenvalue weighted by molar-refractivity contribution is 5.94. The molecule has 0 radical (unpaired) electrons. The van der Waals surface area contributed by atoms with Crippen molar-refractivity contribution in [3.63, 3.8) is 0 Å². The van der Waals surface area contributed by atoms with Crippen LogP contribution in [0.5, 0.6) is 0 Å². The Balaban J connectivity index is 2.07. The minimum absolute atomic E-state index is 0.00759. The first-order valence-corrected chi connectivity index (χ1v) is 6.60. The molecule has 2 heteroatoms. The first-order chi connectivity index (χ1) is 8.74. The molecular formula is C16H19NO. The second kappa shape index (κ2) is 5.73. The van der Waals surface area contributed by atoms with Crippen molar-refractivity contribution in [2.24, 2.45) is 0 Å². The van der Waals surface area contributed by atoms with Crippen LogP contribution < -0.4 is 5.32 Å². The van der Waals surface area contributed by atoms with Crippen molar-refractivity contribution in [2.45, 2.75) is 45.1 Å². The number of hydrogen-bond donors (Lipinski definition) is 1. The second-order valence-corrected chi connectivity index (χ2v) is 4.82. The number of fused-ring (bicyclic) bond motifs is 1. The fourth-order valence-corrected chi connectivity index (χ4v) is 2.42. The molecule has 0 heterocycles. The molecule has 1 amide bonds. The summed E-state index contributed by atoms with van der Waals surface area (Å²) in [6, 6.07) is 6.11. The number of terminal acetylenes is 1. The van der Waals surface area contributed by atoms with Gasteiger partial charge in [-0.15, -0.1) is 12.3 Å². The van der Waals surface area contributed by atoms with Crippen LogP contribution >= 0.6 is 0 Å². The lowest BCUT2D eigenvalue weighted by atomic mass is 10.1. The van der Waals surface area contributed by atoms with E-state index in [0.717, 1.165) is 24.8 Å². The Morgan fingerprint density at radius 2 is 2.22 bits per heavy atom. The molecule has 0 bridgehead atoms. The van der Waals surface area contributed by atoms with E-state index in [1.807, 2.05) is 19.1 Å². The van der Waals surface area contributed by atoms with Crippen molar-refractivity contribution in [3.8, 4) is 12.3 Å². The number of benzene rings is 1. The van der Waals surface area contributed by atoms with Gasteiger partial charge in [0.25, 0.3) is 5.91 Å². The van der Waals surface area contributed by atoms with Crippen LogP contribution in [0, 0.1) is 12.3 Å². The normalized spacial score (nSPS) is 14.7. The van der Waals surface area contributed by atoms with Gasteiger partial charge < -0.3 is 5.32 Å². The van der Waals surface area contributed by atoms with Gasteiger partial charge in [0.1, 0.15) is 0 Å². The number of amides is 1. The highest BCUT2D eigenvalue weighted by atomic mass is 16.1. The molecular weight excluding hydrogens is 222 g/mol. The van der Waals surface area contributed by atoms with Gasteiger partial charge in [-0.3, -0.25) is 4.79 Å². The minimum Gasteiger partial charge on any atom is -0.348 e. The second-order valence-electron chi connectivity index (χ2n) is 4.82. The molecule has 1 aromatic rings. The van der Waals surface area contributed by atoms with E-state index < -0.39 is 0 Å². The predicted molar refractivity (Wildman–Crippen MR) is 73.5 cm³/mol. The average molecular weight is 241 g/mol. The Hall–Kier alpha value is -1.75. The van der Waals surface area contributed by atoms with E-state index >= 15 is 0 Å². The maximum Gasteiger partial charge on any atom is 0.251 e. The van der Waals surface area contributed by atoms with Crippen molar-refractivity contribution in [3.05, 3.63) is 34.9 Å². The molecule has 1 atom stereocenters. The molecule has 94 valence electrons. The topological polar surface area (TPSA) is 29.1 Å². The summed E-state index contributed by atoms with van der Waals surface area (Å²) in [6.45, 7) is 2.03. The highest BCUT2D eigenvalue weighted by Gasteiger charge is 2.15. The Labute approximate surface area is 109 Å². The molecule has 0 aliphatic heterocycles. The molecule has 1 unspecified atom stereocenters. The Morgan fingerprint density at radius 3 is 2.94 bits per heavy atom. The lowest BCUT2D eigenvalue weighted by molar-refractivity contribution is 0.0936. The molecule has 0 aromatic heterocycles. The maximum atomic E-state index is 12.1. The number of aryl methyl sites for hydroxylation is 2. The van der Waals surface area contributed by atoms with Crippen LogP contribution in [0.2, 0.25) is 0 Å². The minimum atomic E-state index is -0.00759. The van der Waals surface area contributed by atoms with E-state index in [9.17, 15) is 4.79 Å². The number of carbonyl (C=O) groups excluding carboxylic acids is 1. The molecule has 1 aliphatic rings. The predicted octanol–water partition coefficient (Wildman–Crippen LogP) is 2.71. The monoisotopic (exact) mass is 241 g/mol. The highest BCUT2D eigenvalue weighted by Crippen LogP contribution is 2.22. The molecule has 2 nitrogen and oxygen atoms in total. The van der Waals surface area contributed by atoms with E-state index in [4.69, 9.17) is 6.42 Å². The zero-order valence-electron chi connectivity index (χ0n) is 10.8. The van der Waals surface area contributed by atoms with Crippen LogP contribution in [0.15, 0.2) is 18.2 Å². The van der Waals surface area contributed by atoms with E-state index in [-0.39, 0.29) is 11.9 Å². The van der Waals surface area contributed by atoms with Crippen LogP contribution in [0.3, 0.4) is 0 Å². The average Bonchev–Trinajstić information content (AvgIpc) is 2.85.